The molecule has 1 atom stereocenters. The number of aromatic nitrogens is 4. The van der Waals surface area contributed by atoms with E-state index in [9.17, 15) is 9.59 Å². The molecule has 186 valence electrons. The van der Waals surface area contributed by atoms with Crippen molar-refractivity contribution in [1.29, 1.82) is 0 Å². The SMILES string of the molecule is CCC(=O)O[C@@H](COc1ccc(-n2cnn3cc(-c4ccc(Cl)cn4)cc3c2=O)cc1OC)C1CC1. The van der Waals surface area contributed by atoms with Crippen LogP contribution in [0.3, 0.4) is 0 Å². The number of benzene rings is 1. The van der Waals surface area contributed by atoms with Crippen LogP contribution in [-0.4, -0.2) is 45.0 Å². The van der Waals surface area contributed by atoms with Crippen LogP contribution in [0.25, 0.3) is 22.5 Å². The summed E-state index contributed by atoms with van der Waals surface area (Å²) in [5, 5.41) is 4.92. The maximum absolute atomic E-state index is 13.3. The predicted octanol–water partition coefficient (Wildman–Crippen LogP) is 4.32. The van der Waals surface area contributed by atoms with Crippen LogP contribution in [0.2, 0.25) is 5.02 Å². The van der Waals surface area contributed by atoms with Gasteiger partial charge >= 0.3 is 5.97 Å². The third kappa shape index (κ3) is 4.92. The lowest BCUT2D eigenvalue weighted by molar-refractivity contribution is -0.151. The molecule has 5 rings (SSSR count). The number of halogens is 1. The highest BCUT2D eigenvalue weighted by molar-refractivity contribution is 6.30. The van der Waals surface area contributed by atoms with E-state index in [0.29, 0.717) is 45.8 Å². The molecule has 0 aliphatic heterocycles. The predicted molar refractivity (Wildman–Crippen MR) is 134 cm³/mol. The van der Waals surface area contributed by atoms with Crippen LogP contribution < -0.4 is 15.0 Å². The highest BCUT2D eigenvalue weighted by Crippen LogP contribution is 2.36. The highest BCUT2D eigenvalue weighted by Gasteiger charge is 2.34. The molecule has 36 heavy (non-hydrogen) atoms. The van der Waals surface area contributed by atoms with Gasteiger partial charge in [0.05, 0.1) is 23.5 Å². The van der Waals surface area contributed by atoms with Gasteiger partial charge in [-0.15, -0.1) is 0 Å². The number of esters is 1. The molecule has 1 fully saturated rings. The summed E-state index contributed by atoms with van der Waals surface area (Å²) in [7, 11) is 1.53. The number of hydrogen-bond donors (Lipinski definition) is 0. The molecule has 0 bridgehead atoms. The second-order valence-electron chi connectivity index (χ2n) is 8.59. The minimum absolute atomic E-state index is 0.236. The van der Waals surface area contributed by atoms with Gasteiger partial charge in [-0.3, -0.25) is 19.1 Å². The van der Waals surface area contributed by atoms with E-state index in [4.69, 9.17) is 25.8 Å². The van der Waals surface area contributed by atoms with Crippen molar-refractivity contribution in [2.75, 3.05) is 13.7 Å². The van der Waals surface area contributed by atoms with Crippen molar-refractivity contribution in [3.05, 3.63) is 70.5 Å². The Labute approximate surface area is 212 Å². The van der Waals surface area contributed by atoms with Gasteiger partial charge in [-0.2, -0.15) is 5.10 Å². The number of pyridine rings is 1. The van der Waals surface area contributed by atoms with Crippen LogP contribution in [0.1, 0.15) is 26.2 Å². The number of carbonyl (C=O) groups is 1. The molecule has 1 saturated carbocycles. The Hall–Kier alpha value is -3.85. The lowest BCUT2D eigenvalue weighted by atomic mass is 10.2. The van der Waals surface area contributed by atoms with Crippen molar-refractivity contribution in [3.8, 4) is 28.4 Å². The topological polar surface area (TPSA) is 97.0 Å². The molecular formula is C26H25ClN4O5. The normalized spacial score (nSPS) is 14.0. The number of hydrogen-bond acceptors (Lipinski definition) is 7. The molecule has 0 saturated heterocycles. The lowest BCUT2D eigenvalue weighted by Crippen LogP contribution is -2.27. The number of carbonyl (C=O) groups excluding carboxylic acids is 1. The van der Waals surface area contributed by atoms with Gasteiger partial charge in [0.2, 0.25) is 0 Å². The van der Waals surface area contributed by atoms with Crippen LogP contribution in [0.15, 0.2) is 59.9 Å². The van der Waals surface area contributed by atoms with Gasteiger partial charge in [0, 0.05) is 30.4 Å². The second kappa shape index (κ2) is 10.0. The summed E-state index contributed by atoms with van der Waals surface area (Å²) in [5.41, 5.74) is 2.16. The zero-order chi connectivity index (χ0) is 25.2. The van der Waals surface area contributed by atoms with Crippen molar-refractivity contribution in [3.63, 3.8) is 0 Å². The summed E-state index contributed by atoms with van der Waals surface area (Å²) >= 11 is 5.93. The third-order valence-corrected chi connectivity index (χ3v) is 6.32. The van der Waals surface area contributed by atoms with Crippen LogP contribution in [0.5, 0.6) is 11.5 Å². The van der Waals surface area contributed by atoms with Gasteiger partial charge in [0.25, 0.3) is 5.56 Å². The lowest BCUT2D eigenvalue weighted by Gasteiger charge is -2.19. The van der Waals surface area contributed by atoms with E-state index in [1.54, 1.807) is 55.7 Å². The smallest absolute Gasteiger partial charge is 0.305 e. The van der Waals surface area contributed by atoms with E-state index in [1.165, 1.54) is 22.5 Å². The van der Waals surface area contributed by atoms with Crippen LogP contribution >= 0.6 is 11.6 Å². The summed E-state index contributed by atoms with van der Waals surface area (Å²) in [6.45, 7) is 2.01. The van der Waals surface area contributed by atoms with Crippen LogP contribution in [0.4, 0.5) is 0 Å². The molecule has 3 heterocycles. The first-order valence-electron chi connectivity index (χ1n) is 11.7. The van der Waals surface area contributed by atoms with Gasteiger partial charge < -0.3 is 14.2 Å². The molecule has 9 nitrogen and oxygen atoms in total. The average Bonchev–Trinajstić information content (AvgIpc) is 3.65. The zero-order valence-electron chi connectivity index (χ0n) is 19.9. The van der Waals surface area contributed by atoms with Crippen molar-refractivity contribution in [2.24, 2.45) is 5.92 Å². The number of nitrogens with zero attached hydrogens (tertiary/aromatic N) is 4. The van der Waals surface area contributed by atoms with Gasteiger partial charge in [-0.25, -0.2) is 4.52 Å². The zero-order valence-corrected chi connectivity index (χ0v) is 20.6. The number of fused-ring (bicyclic) bond motifs is 1. The van der Waals surface area contributed by atoms with Gasteiger partial charge in [-0.05, 0) is 49.1 Å². The fourth-order valence-electron chi connectivity index (χ4n) is 3.94. The molecule has 3 aromatic heterocycles. The Morgan fingerprint density at radius 1 is 1.19 bits per heavy atom. The molecule has 0 N–H and O–H groups in total. The molecule has 10 heteroatoms. The molecule has 4 aromatic rings. The summed E-state index contributed by atoms with van der Waals surface area (Å²) in [5.74, 6) is 1.05. The quantitative estimate of drug-likeness (QED) is 0.310. The van der Waals surface area contributed by atoms with Crippen molar-refractivity contribution in [2.45, 2.75) is 32.3 Å². The summed E-state index contributed by atoms with van der Waals surface area (Å²) in [6, 6.07) is 10.5. The largest absolute Gasteiger partial charge is 0.493 e. The van der Waals surface area contributed by atoms with Crippen molar-refractivity contribution < 1.29 is 19.0 Å². The van der Waals surface area contributed by atoms with Crippen LogP contribution in [-0.2, 0) is 9.53 Å². The molecule has 1 aliphatic carbocycles. The first-order valence-corrected chi connectivity index (χ1v) is 12.1. The van der Waals surface area contributed by atoms with E-state index in [1.807, 2.05) is 0 Å². The monoisotopic (exact) mass is 508 g/mol. The number of ether oxygens (including phenoxy) is 3. The maximum atomic E-state index is 13.3. The minimum Gasteiger partial charge on any atom is -0.493 e. The van der Waals surface area contributed by atoms with E-state index >= 15 is 0 Å². The summed E-state index contributed by atoms with van der Waals surface area (Å²) in [6.07, 6.45) is 6.85. The van der Waals surface area contributed by atoms with E-state index in [0.717, 1.165) is 18.4 Å². The second-order valence-corrected chi connectivity index (χ2v) is 9.03. The van der Waals surface area contributed by atoms with Crippen molar-refractivity contribution in [1.82, 2.24) is 19.2 Å². The molecule has 0 radical (unpaired) electrons. The molecule has 0 amide bonds. The van der Waals surface area contributed by atoms with Gasteiger partial charge in [0.1, 0.15) is 24.6 Å². The van der Waals surface area contributed by atoms with E-state index in [2.05, 4.69) is 10.1 Å². The fourth-order valence-corrected chi connectivity index (χ4v) is 4.06. The first-order chi connectivity index (χ1) is 17.5. The van der Waals surface area contributed by atoms with Gasteiger partial charge in [0.15, 0.2) is 11.5 Å². The Kier molecular flexibility index (Phi) is 6.65. The number of methoxy groups -OCH3 is 1. The third-order valence-electron chi connectivity index (χ3n) is 6.10. The number of rotatable bonds is 9. The summed E-state index contributed by atoms with van der Waals surface area (Å²) in [4.78, 5) is 29.4. The Bertz CT molecular complexity index is 1460. The van der Waals surface area contributed by atoms with Gasteiger partial charge in [-0.1, -0.05) is 18.5 Å². The van der Waals surface area contributed by atoms with E-state index < -0.39 is 0 Å². The fraction of sp³-hybridized carbons (Fsp3) is 0.308. The standard InChI is InChI=1S/C26H25ClN4O5/c1-3-25(32)36-24(16-4-5-16)14-35-22-9-7-19(11-23(22)34-2)30-15-29-31-13-17(10-21(31)26(30)33)20-8-6-18(27)12-28-20/h6-13,15-16,24H,3-5,14H2,1-2H3/t24-/m0/s1. The van der Waals surface area contributed by atoms with Crippen LogP contribution in [0, 0.1) is 5.92 Å². The highest BCUT2D eigenvalue weighted by atomic mass is 35.5. The Morgan fingerprint density at radius 2 is 2.03 bits per heavy atom. The minimum atomic E-state index is -0.283. The molecular weight excluding hydrogens is 484 g/mol. The van der Waals surface area contributed by atoms with E-state index in [-0.39, 0.29) is 24.2 Å². The Balaban J connectivity index is 1.40. The molecule has 1 aromatic carbocycles. The maximum Gasteiger partial charge on any atom is 0.305 e. The molecule has 1 aliphatic rings. The Morgan fingerprint density at radius 3 is 2.72 bits per heavy atom. The molecule has 0 spiro atoms. The first kappa shape index (κ1) is 23.9. The molecule has 0 unspecified atom stereocenters. The summed E-state index contributed by atoms with van der Waals surface area (Å²) < 4.78 is 20.0. The van der Waals surface area contributed by atoms with Crippen molar-refractivity contribution >= 4 is 23.1 Å². The average molecular weight is 509 g/mol.